The molecule has 0 aliphatic rings. The molecule has 2 rings (SSSR count). The van der Waals surface area contributed by atoms with Gasteiger partial charge in [-0.05, 0) is 42.3 Å². The van der Waals surface area contributed by atoms with Crippen LogP contribution in [0.2, 0.25) is 0 Å². The molecule has 4 heteroatoms. The monoisotopic (exact) mass is 256 g/mol. The average Bonchev–Trinajstić information content (AvgIpc) is 2.46. The summed E-state index contributed by atoms with van der Waals surface area (Å²) in [4.78, 5) is 15.5. The molecule has 0 amide bonds. The van der Waals surface area contributed by atoms with E-state index in [0.717, 1.165) is 16.8 Å². The number of methoxy groups -OCH3 is 1. The number of carbonyl (C=O) groups is 1. The first kappa shape index (κ1) is 13.1. The zero-order chi connectivity index (χ0) is 13.7. The SMILES string of the molecule is COC(=O)c1ccc(NCc2cccnc2)c(C)c1. The minimum absolute atomic E-state index is 0.318. The molecule has 1 heterocycles. The van der Waals surface area contributed by atoms with Crippen molar-refractivity contribution in [2.75, 3.05) is 12.4 Å². The predicted octanol–water partition coefficient (Wildman–Crippen LogP) is 2.79. The van der Waals surface area contributed by atoms with E-state index in [0.29, 0.717) is 12.1 Å². The summed E-state index contributed by atoms with van der Waals surface area (Å²) < 4.78 is 4.69. The van der Waals surface area contributed by atoms with Gasteiger partial charge in [0.05, 0.1) is 12.7 Å². The summed E-state index contributed by atoms with van der Waals surface area (Å²) >= 11 is 0. The molecule has 0 saturated carbocycles. The summed E-state index contributed by atoms with van der Waals surface area (Å²) in [7, 11) is 1.38. The third-order valence-electron chi connectivity index (χ3n) is 2.85. The second-order valence-electron chi connectivity index (χ2n) is 4.24. The fourth-order valence-electron chi connectivity index (χ4n) is 1.81. The number of aromatic nitrogens is 1. The van der Waals surface area contributed by atoms with Gasteiger partial charge in [-0.2, -0.15) is 0 Å². The van der Waals surface area contributed by atoms with E-state index in [1.54, 1.807) is 12.3 Å². The van der Waals surface area contributed by atoms with Gasteiger partial charge in [-0.1, -0.05) is 6.07 Å². The van der Waals surface area contributed by atoms with Gasteiger partial charge in [0.2, 0.25) is 0 Å². The predicted molar refractivity (Wildman–Crippen MR) is 74.1 cm³/mol. The van der Waals surface area contributed by atoms with Gasteiger partial charge in [-0.3, -0.25) is 4.98 Å². The van der Waals surface area contributed by atoms with Crippen molar-refractivity contribution in [2.24, 2.45) is 0 Å². The maximum Gasteiger partial charge on any atom is 0.337 e. The van der Waals surface area contributed by atoms with Gasteiger partial charge in [0.25, 0.3) is 0 Å². The van der Waals surface area contributed by atoms with Crippen LogP contribution in [0.5, 0.6) is 0 Å². The average molecular weight is 256 g/mol. The molecule has 0 radical (unpaired) electrons. The van der Waals surface area contributed by atoms with Gasteiger partial charge in [0.1, 0.15) is 0 Å². The standard InChI is InChI=1S/C15H16N2O2/c1-11-8-13(15(18)19-2)5-6-14(11)17-10-12-4-3-7-16-9-12/h3-9,17H,10H2,1-2H3. The molecule has 0 bridgehead atoms. The van der Waals surface area contributed by atoms with Crippen molar-refractivity contribution < 1.29 is 9.53 Å². The summed E-state index contributed by atoms with van der Waals surface area (Å²) in [5, 5.41) is 3.32. The van der Waals surface area contributed by atoms with Crippen molar-refractivity contribution in [3.8, 4) is 0 Å². The van der Waals surface area contributed by atoms with E-state index in [9.17, 15) is 4.79 Å². The smallest absolute Gasteiger partial charge is 0.337 e. The van der Waals surface area contributed by atoms with Crippen molar-refractivity contribution in [1.82, 2.24) is 4.98 Å². The molecule has 2 aromatic rings. The van der Waals surface area contributed by atoms with Crippen LogP contribution in [-0.4, -0.2) is 18.1 Å². The normalized spacial score (nSPS) is 10.0. The van der Waals surface area contributed by atoms with Crippen LogP contribution in [0, 0.1) is 6.92 Å². The third-order valence-corrected chi connectivity index (χ3v) is 2.85. The molecule has 0 fully saturated rings. The van der Waals surface area contributed by atoms with Gasteiger partial charge in [0, 0.05) is 24.6 Å². The maximum absolute atomic E-state index is 11.4. The first-order valence-corrected chi connectivity index (χ1v) is 6.02. The summed E-state index contributed by atoms with van der Waals surface area (Å²) in [5.74, 6) is -0.318. The van der Waals surface area contributed by atoms with Crippen LogP contribution in [0.4, 0.5) is 5.69 Å². The van der Waals surface area contributed by atoms with Crippen molar-refractivity contribution in [3.63, 3.8) is 0 Å². The first-order valence-electron chi connectivity index (χ1n) is 6.02. The Labute approximate surface area is 112 Å². The molecule has 0 unspecified atom stereocenters. The van der Waals surface area contributed by atoms with Crippen LogP contribution in [-0.2, 0) is 11.3 Å². The largest absolute Gasteiger partial charge is 0.465 e. The molecule has 19 heavy (non-hydrogen) atoms. The molecule has 0 saturated heterocycles. The van der Waals surface area contributed by atoms with Gasteiger partial charge in [-0.25, -0.2) is 4.79 Å². The van der Waals surface area contributed by atoms with Gasteiger partial charge in [-0.15, -0.1) is 0 Å². The fraction of sp³-hybridized carbons (Fsp3) is 0.200. The molecule has 0 aliphatic carbocycles. The van der Waals surface area contributed by atoms with E-state index in [4.69, 9.17) is 4.74 Å². The Bertz CT molecular complexity index is 568. The molecule has 98 valence electrons. The number of hydrogen-bond acceptors (Lipinski definition) is 4. The molecule has 0 spiro atoms. The number of anilines is 1. The lowest BCUT2D eigenvalue weighted by atomic mass is 10.1. The lowest BCUT2D eigenvalue weighted by Crippen LogP contribution is -2.04. The number of benzene rings is 1. The highest BCUT2D eigenvalue weighted by molar-refractivity contribution is 5.90. The Kier molecular flexibility index (Phi) is 4.13. The fourth-order valence-corrected chi connectivity index (χ4v) is 1.81. The topological polar surface area (TPSA) is 51.2 Å². The highest BCUT2D eigenvalue weighted by atomic mass is 16.5. The van der Waals surface area contributed by atoms with Crippen LogP contribution in [0.3, 0.4) is 0 Å². The summed E-state index contributed by atoms with van der Waals surface area (Å²) in [5.41, 5.74) is 3.68. The van der Waals surface area contributed by atoms with Gasteiger partial charge < -0.3 is 10.1 Å². The van der Waals surface area contributed by atoms with Gasteiger partial charge >= 0.3 is 5.97 Å². The Morgan fingerprint density at radius 1 is 1.37 bits per heavy atom. The number of nitrogens with one attached hydrogen (secondary N) is 1. The van der Waals surface area contributed by atoms with Crippen LogP contribution >= 0.6 is 0 Å². The third kappa shape index (κ3) is 3.31. The molecule has 1 N–H and O–H groups in total. The number of rotatable bonds is 4. The summed E-state index contributed by atoms with van der Waals surface area (Å²) in [6, 6.07) is 9.38. The quantitative estimate of drug-likeness (QED) is 0.855. The van der Waals surface area contributed by atoms with Crippen LogP contribution in [0.25, 0.3) is 0 Å². The molecular formula is C15H16N2O2. The van der Waals surface area contributed by atoms with E-state index in [-0.39, 0.29) is 5.97 Å². The Morgan fingerprint density at radius 2 is 2.21 bits per heavy atom. The number of ether oxygens (including phenoxy) is 1. The van der Waals surface area contributed by atoms with Crippen molar-refractivity contribution in [3.05, 3.63) is 59.4 Å². The number of nitrogens with zero attached hydrogens (tertiary/aromatic N) is 1. The molecular weight excluding hydrogens is 240 g/mol. The first-order chi connectivity index (χ1) is 9.20. The lowest BCUT2D eigenvalue weighted by molar-refractivity contribution is 0.0600. The zero-order valence-electron chi connectivity index (χ0n) is 11.0. The highest BCUT2D eigenvalue weighted by Gasteiger charge is 2.07. The van der Waals surface area contributed by atoms with E-state index >= 15 is 0 Å². The minimum Gasteiger partial charge on any atom is -0.465 e. The summed E-state index contributed by atoms with van der Waals surface area (Å²) in [6.07, 6.45) is 3.57. The zero-order valence-corrected chi connectivity index (χ0v) is 11.0. The number of esters is 1. The highest BCUT2D eigenvalue weighted by Crippen LogP contribution is 2.17. The molecule has 0 atom stereocenters. The second kappa shape index (κ2) is 6.00. The molecule has 1 aromatic carbocycles. The van der Waals surface area contributed by atoms with Crippen LogP contribution in [0.1, 0.15) is 21.5 Å². The number of pyridine rings is 1. The van der Waals surface area contributed by atoms with Crippen molar-refractivity contribution in [1.29, 1.82) is 0 Å². The lowest BCUT2D eigenvalue weighted by Gasteiger charge is -2.10. The molecule has 1 aromatic heterocycles. The second-order valence-corrected chi connectivity index (χ2v) is 4.24. The van der Waals surface area contributed by atoms with E-state index in [1.165, 1.54) is 7.11 Å². The Balaban J connectivity index is 2.07. The molecule has 4 nitrogen and oxygen atoms in total. The van der Waals surface area contributed by atoms with Crippen LogP contribution < -0.4 is 5.32 Å². The number of carbonyl (C=O) groups excluding carboxylic acids is 1. The number of aryl methyl sites for hydroxylation is 1. The van der Waals surface area contributed by atoms with Crippen LogP contribution in [0.15, 0.2) is 42.7 Å². The van der Waals surface area contributed by atoms with E-state index in [1.807, 2.05) is 37.4 Å². The van der Waals surface area contributed by atoms with E-state index < -0.39 is 0 Å². The van der Waals surface area contributed by atoms with Crippen molar-refractivity contribution in [2.45, 2.75) is 13.5 Å². The van der Waals surface area contributed by atoms with E-state index in [2.05, 4.69) is 10.3 Å². The number of hydrogen-bond donors (Lipinski definition) is 1. The van der Waals surface area contributed by atoms with Crippen molar-refractivity contribution >= 4 is 11.7 Å². The Morgan fingerprint density at radius 3 is 2.84 bits per heavy atom. The van der Waals surface area contributed by atoms with Gasteiger partial charge in [0.15, 0.2) is 0 Å². The summed E-state index contributed by atoms with van der Waals surface area (Å²) in [6.45, 7) is 2.66. The maximum atomic E-state index is 11.4. The molecule has 0 aliphatic heterocycles. The minimum atomic E-state index is -0.318. The Hall–Kier alpha value is -2.36.